The van der Waals surface area contributed by atoms with E-state index in [1.807, 2.05) is 0 Å². The van der Waals surface area contributed by atoms with Crippen LogP contribution < -0.4 is 9.46 Å². The molecule has 0 bridgehead atoms. The Morgan fingerprint density at radius 2 is 1.66 bits per heavy atom. The largest absolute Gasteiger partial charge is 0.460 e. The number of aromatic nitrogens is 2. The highest BCUT2D eigenvalue weighted by molar-refractivity contribution is 7.88. The van der Waals surface area contributed by atoms with Gasteiger partial charge in [0.2, 0.25) is 10.0 Å². The minimum absolute atomic E-state index is 0.119. The predicted molar refractivity (Wildman–Crippen MR) is 101 cm³/mol. The van der Waals surface area contributed by atoms with E-state index in [4.69, 9.17) is 16.3 Å². The molecule has 0 radical (unpaired) electrons. The van der Waals surface area contributed by atoms with E-state index in [9.17, 15) is 21.6 Å². The van der Waals surface area contributed by atoms with Gasteiger partial charge in [-0.15, -0.1) is 0 Å². The van der Waals surface area contributed by atoms with Crippen LogP contribution >= 0.6 is 11.6 Å². The van der Waals surface area contributed by atoms with Crippen molar-refractivity contribution in [3.8, 4) is 6.01 Å². The Labute approximate surface area is 171 Å². The van der Waals surface area contributed by atoms with Gasteiger partial charge in [0, 0.05) is 6.04 Å². The Kier molecular flexibility index (Phi) is 6.65. The van der Waals surface area contributed by atoms with E-state index in [0.29, 0.717) is 36.3 Å². The zero-order valence-electron chi connectivity index (χ0n) is 15.2. The highest BCUT2D eigenvalue weighted by Gasteiger charge is 2.30. The Morgan fingerprint density at radius 1 is 1.07 bits per heavy atom. The van der Waals surface area contributed by atoms with Crippen LogP contribution in [0.2, 0.25) is 5.02 Å². The summed E-state index contributed by atoms with van der Waals surface area (Å²) in [7, 11) is -3.68. The summed E-state index contributed by atoms with van der Waals surface area (Å²) >= 11 is 5.72. The lowest BCUT2D eigenvalue weighted by atomic mass is 9.94. The minimum Gasteiger partial charge on any atom is -0.460 e. The first-order valence-electron chi connectivity index (χ1n) is 8.91. The SMILES string of the molecule is O=S(=O)(Cc1ccc(C(F)(F)F)cc1)NC1CCC(Oc2ncc(Cl)cn2)CC1. The van der Waals surface area contributed by atoms with Crippen LogP contribution in [0, 0.1) is 0 Å². The van der Waals surface area contributed by atoms with Gasteiger partial charge in [0.15, 0.2) is 0 Å². The van der Waals surface area contributed by atoms with Gasteiger partial charge >= 0.3 is 12.2 Å². The molecule has 29 heavy (non-hydrogen) atoms. The molecule has 0 aliphatic heterocycles. The Bertz CT molecular complexity index is 914. The number of alkyl halides is 3. The van der Waals surface area contributed by atoms with Crippen LogP contribution in [0.25, 0.3) is 0 Å². The second-order valence-electron chi connectivity index (χ2n) is 6.85. The molecule has 158 valence electrons. The summed E-state index contributed by atoms with van der Waals surface area (Å²) in [6.07, 6.45) is 0.698. The van der Waals surface area contributed by atoms with Crippen molar-refractivity contribution in [1.29, 1.82) is 0 Å². The zero-order valence-corrected chi connectivity index (χ0v) is 16.8. The van der Waals surface area contributed by atoms with Gasteiger partial charge in [-0.25, -0.2) is 23.1 Å². The fourth-order valence-electron chi connectivity index (χ4n) is 3.11. The number of hydrogen-bond donors (Lipinski definition) is 1. The van der Waals surface area contributed by atoms with Crippen molar-refractivity contribution < 1.29 is 26.3 Å². The summed E-state index contributed by atoms with van der Waals surface area (Å²) in [5.74, 6) is -0.375. The number of nitrogens with zero attached hydrogens (tertiary/aromatic N) is 2. The van der Waals surface area contributed by atoms with Gasteiger partial charge in [0.1, 0.15) is 6.10 Å². The van der Waals surface area contributed by atoms with Crippen molar-refractivity contribution >= 4 is 21.6 Å². The monoisotopic (exact) mass is 449 g/mol. The third-order valence-electron chi connectivity index (χ3n) is 4.53. The summed E-state index contributed by atoms with van der Waals surface area (Å²) in [5, 5.41) is 0.406. The Balaban J connectivity index is 1.49. The van der Waals surface area contributed by atoms with Crippen LogP contribution in [0.3, 0.4) is 0 Å². The van der Waals surface area contributed by atoms with Crippen molar-refractivity contribution in [3.05, 3.63) is 52.8 Å². The third-order valence-corrected chi connectivity index (χ3v) is 6.13. The molecule has 1 heterocycles. The molecule has 1 saturated carbocycles. The molecule has 1 aliphatic rings. The van der Waals surface area contributed by atoms with Crippen LogP contribution in [-0.4, -0.2) is 30.5 Å². The van der Waals surface area contributed by atoms with Crippen molar-refractivity contribution in [3.63, 3.8) is 0 Å². The van der Waals surface area contributed by atoms with Crippen LogP contribution in [0.1, 0.15) is 36.8 Å². The van der Waals surface area contributed by atoms with Crippen molar-refractivity contribution in [2.75, 3.05) is 0 Å². The molecule has 1 fully saturated rings. The zero-order chi connectivity index (χ0) is 21.1. The number of hydrogen-bond acceptors (Lipinski definition) is 5. The molecule has 0 amide bonds. The summed E-state index contributed by atoms with van der Waals surface area (Å²) in [6, 6.07) is 4.09. The molecule has 1 N–H and O–H groups in total. The average molecular weight is 450 g/mol. The van der Waals surface area contributed by atoms with Gasteiger partial charge in [-0.2, -0.15) is 13.2 Å². The first-order valence-corrected chi connectivity index (χ1v) is 10.9. The maximum Gasteiger partial charge on any atom is 0.416 e. The normalized spacial score (nSPS) is 20.4. The molecular formula is C18H19ClF3N3O3S. The molecule has 1 aliphatic carbocycles. The second-order valence-corrected chi connectivity index (χ2v) is 9.04. The maximum absolute atomic E-state index is 12.6. The van der Waals surface area contributed by atoms with Gasteiger partial charge in [-0.1, -0.05) is 23.7 Å². The third kappa shape index (κ3) is 6.55. The molecular weight excluding hydrogens is 431 g/mol. The topological polar surface area (TPSA) is 81.2 Å². The second kappa shape index (κ2) is 8.85. The molecule has 0 atom stereocenters. The fraction of sp³-hybridized carbons (Fsp3) is 0.444. The first kappa shape index (κ1) is 21.8. The van der Waals surface area contributed by atoms with Crippen LogP contribution in [0.4, 0.5) is 13.2 Å². The highest BCUT2D eigenvalue weighted by Crippen LogP contribution is 2.29. The predicted octanol–water partition coefficient (Wildman–Crippen LogP) is 3.96. The number of rotatable bonds is 6. The van der Waals surface area contributed by atoms with Crippen LogP contribution in [0.5, 0.6) is 6.01 Å². The molecule has 11 heteroatoms. The standard InChI is InChI=1S/C18H19ClF3N3O3S/c19-14-9-23-17(24-10-14)28-16-7-5-15(6-8-16)25-29(26,27)11-12-1-3-13(4-2-12)18(20,21)22/h1-4,9-10,15-16,25H,5-8,11H2. The number of ether oxygens (including phenoxy) is 1. The van der Waals surface area contributed by atoms with Crippen LogP contribution in [-0.2, 0) is 22.0 Å². The van der Waals surface area contributed by atoms with E-state index >= 15 is 0 Å². The first-order chi connectivity index (χ1) is 13.6. The van der Waals surface area contributed by atoms with Gasteiger partial charge in [-0.05, 0) is 43.4 Å². The molecule has 1 aromatic carbocycles. The maximum atomic E-state index is 12.6. The van der Waals surface area contributed by atoms with Gasteiger partial charge in [0.05, 0.1) is 28.7 Å². The fourth-order valence-corrected chi connectivity index (χ4v) is 4.67. The number of benzene rings is 1. The lowest BCUT2D eigenvalue weighted by molar-refractivity contribution is -0.137. The van der Waals surface area contributed by atoms with Crippen molar-refractivity contribution in [2.45, 2.75) is 49.8 Å². The molecule has 0 unspecified atom stereocenters. The quantitative estimate of drug-likeness (QED) is 0.722. The van der Waals surface area contributed by atoms with E-state index < -0.39 is 21.8 Å². The van der Waals surface area contributed by atoms with Crippen molar-refractivity contribution in [1.82, 2.24) is 14.7 Å². The summed E-state index contributed by atoms with van der Waals surface area (Å²) < 4.78 is 70.8. The molecule has 6 nitrogen and oxygen atoms in total. The van der Waals surface area contributed by atoms with E-state index in [2.05, 4.69) is 14.7 Å². The van der Waals surface area contributed by atoms with E-state index in [0.717, 1.165) is 12.1 Å². The number of nitrogens with one attached hydrogen (secondary N) is 1. The number of sulfonamides is 1. The summed E-state index contributed by atoms with van der Waals surface area (Å²) in [4.78, 5) is 7.94. The molecule has 0 saturated heterocycles. The molecule has 2 aromatic rings. The van der Waals surface area contributed by atoms with Gasteiger partial charge in [0.25, 0.3) is 0 Å². The van der Waals surface area contributed by atoms with Gasteiger partial charge < -0.3 is 4.74 Å². The van der Waals surface area contributed by atoms with E-state index in [-0.39, 0.29) is 23.9 Å². The van der Waals surface area contributed by atoms with E-state index in [1.54, 1.807) is 0 Å². The lowest BCUT2D eigenvalue weighted by Gasteiger charge is -2.28. The average Bonchev–Trinajstić information content (AvgIpc) is 2.64. The summed E-state index contributed by atoms with van der Waals surface area (Å²) in [6.45, 7) is 0. The highest BCUT2D eigenvalue weighted by atomic mass is 35.5. The molecule has 0 spiro atoms. The van der Waals surface area contributed by atoms with Crippen molar-refractivity contribution in [2.24, 2.45) is 0 Å². The Morgan fingerprint density at radius 3 is 2.21 bits per heavy atom. The minimum atomic E-state index is -4.45. The molecule has 1 aromatic heterocycles. The molecule has 3 rings (SSSR count). The smallest absolute Gasteiger partial charge is 0.416 e. The van der Waals surface area contributed by atoms with Gasteiger partial charge in [-0.3, -0.25) is 0 Å². The van der Waals surface area contributed by atoms with E-state index in [1.165, 1.54) is 24.5 Å². The lowest BCUT2D eigenvalue weighted by Crippen LogP contribution is -2.40. The van der Waals surface area contributed by atoms with Crippen LogP contribution in [0.15, 0.2) is 36.7 Å². The number of halogens is 4. The Hall–Kier alpha value is -1.91. The summed E-state index contributed by atoms with van der Waals surface area (Å²) in [5.41, 5.74) is -0.517.